The predicted octanol–water partition coefficient (Wildman–Crippen LogP) is 12.7. The van der Waals surface area contributed by atoms with Crippen LogP contribution in [0.2, 0.25) is 0 Å². The number of para-hydroxylation sites is 4. The van der Waals surface area contributed by atoms with Gasteiger partial charge in [0.2, 0.25) is 0 Å². The maximum atomic E-state index is 5.33. The quantitative estimate of drug-likeness (QED) is 0.173. The van der Waals surface area contributed by atoms with Crippen LogP contribution in [0.15, 0.2) is 170 Å². The van der Waals surface area contributed by atoms with Gasteiger partial charge in [-0.2, -0.15) is 0 Å². The highest BCUT2D eigenvalue weighted by Gasteiger charge is 2.31. The summed E-state index contributed by atoms with van der Waals surface area (Å²) in [7, 11) is 0. The zero-order valence-electron chi connectivity index (χ0n) is 30.3. The summed E-state index contributed by atoms with van der Waals surface area (Å²) in [6, 6.07) is 60.6. The molecule has 1 saturated carbocycles. The molecule has 3 aromatic heterocycles. The van der Waals surface area contributed by atoms with Crippen LogP contribution in [0.1, 0.15) is 37.2 Å². The number of rotatable bonds is 6. The Bertz CT molecular complexity index is 2880. The number of aromatic nitrogens is 5. The van der Waals surface area contributed by atoms with Crippen LogP contribution >= 0.6 is 0 Å². The Morgan fingerprint density at radius 3 is 1.25 bits per heavy atom. The van der Waals surface area contributed by atoms with Crippen LogP contribution in [-0.2, 0) is 0 Å². The normalized spacial score (nSPS) is 13.5. The predicted molar refractivity (Wildman–Crippen MR) is 226 cm³/mol. The van der Waals surface area contributed by atoms with Gasteiger partial charge in [0.05, 0.1) is 33.4 Å². The van der Waals surface area contributed by atoms with E-state index in [9.17, 15) is 0 Å². The summed E-state index contributed by atoms with van der Waals surface area (Å²) >= 11 is 0. The Balaban J connectivity index is 1.31. The minimum Gasteiger partial charge on any atom is -0.307 e. The fourth-order valence-corrected chi connectivity index (χ4v) is 9.11. The lowest BCUT2D eigenvalue weighted by Crippen LogP contribution is -2.12. The zero-order chi connectivity index (χ0) is 36.3. The molecule has 0 N–H and O–H groups in total. The van der Waals surface area contributed by atoms with Crippen molar-refractivity contribution in [2.45, 2.75) is 31.6 Å². The maximum Gasteiger partial charge on any atom is 0.164 e. The van der Waals surface area contributed by atoms with Crippen molar-refractivity contribution in [3.8, 4) is 45.5 Å². The lowest BCUT2D eigenvalue weighted by atomic mass is 9.89. The molecule has 0 spiro atoms. The number of nitrogens with zero attached hydrogens (tertiary/aromatic N) is 5. The SMILES string of the molecule is c1ccc(-c2nc(-c3ccccc3)nc(-c3ccc(-n4c5ccccc5c5ccccc54)c(-n4c5ccccc5c5ccccc54)c3C3CCCC3)n2)cc1. The molecule has 0 aliphatic heterocycles. The first-order valence-electron chi connectivity index (χ1n) is 19.3. The lowest BCUT2D eigenvalue weighted by molar-refractivity contribution is 0.718. The lowest BCUT2D eigenvalue weighted by Gasteiger charge is -2.26. The van der Waals surface area contributed by atoms with Crippen molar-refractivity contribution in [2.24, 2.45) is 0 Å². The van der Waals surface area contributed by atoms with Crippen molar-refractivity contribution < 1.29 is 0 Å². The average Bonchev–Trinajstić information content (AvgIpc) is 4.00. The fourth-order valence-electron chi connectivity index (χ4n) is 9.11. The minimum absolute atomic E-state index is 0.315. The van der Waals surface area contributed by atoms with Crippen molar-refractivity contribution in [1.29, 1.82) is 0 Å². The molecule has 0 unspecified atom stereocenters. The van der Waals surface area contributed by atoms with Crippen LogP contribution in [0.5, 0.6) is 0 Å². The zero-order valence-corrected chi connectivity index (χ0v) is 30.3. The molecule has 262 valence electrons. The van der Waals surface area contributed by atoms with Gasteiger partial charge in [-0.3, -0.25) is 0 Å². The summed E-state index contributed by atoms with van der Waals surface area (Å²) in [6.07, 6.45) is 4.60. The van der Waals surface area contributed by atoms with E-state index in [1.807, 2.05) is 36.4 Å². The second-order valence-electron chi connectivity index (χ2n) is 14.7. The minimum atomic E-state index is 0.315. The van der Waals surface area contributed by atoms with Gasteiger partial charge in [-0.1, -0.05) is 146 Å². The third-order valence-electron chi connectivity index (χ3n) is 11.5. The highest BCUT2D eigenvalue weighted by molar-refractivity contribution is 6.12. The van der Waals surface area contributed by atoms with E-state index < -0.39 is 0 Å². The van der Waals surface area contributed by atoms with E-state index in [1.165, 1.54) is 67.7 Å². The van der Waals surface area contributed by atoms with Crippen molar-refractivity contribution >= 4 is 43.6 Å². The van der Waals surface area contributed by atoms with Gasteiger partial charge in [0.15, 0.2) is 17.5 Å². The Morgan fingerprint density at radius 2 is 0.782 bits per heavy atom. The molecule has 1 fully saturated rings. The molecule has 3 heterocycles. The number of hydrogen-bond donors (Lipinski definition) is 0. The van der Waals surface area contributed by atoms with E-state index in [0.717, 1.165) is 35.2 Å². The molecule has 1 aliphatic rings. The number of hydrogen-bond acceptors (Lipinski definition) is 3. The van der Waals surface area contributed by atoms with E-state index in [1.54, 1.807) is 0 Å². The molecule has 7 aromatic carbocycles. The summed E-state index contributed by atoms with van der Waals surface area (Å²) in [6.45, 7) is 0. The van der Waals surface area contributed by atoms with E-state index in [0.29, 0.717) is 23.4 Å². The van der Waals surface area contributed by atoms with Crippen LogP contribution < -0.4 is 0 Å². The third-order valence-corrected chi connectivity index (χ3v) is 11.5. The van der Waals surface area contributed by atoms with Gasteiger partial charge >= 0.3 is 0 Å². The first kappa shape index (κ1) is 31.7. The van der Waals surface area contributed by atoms with Gasteiger partial charge in [-0.15, -0.1) is 0 Å². The highest BCUT2D eigenvalue weighted by Crippen LogP contribution is 2.48. The Hall–Kier alpha value is -6.85. The molecule has 5 heteroatoms. The van der Waals surface area contributed by atoms with Crippen LogP contribution in [0.4, 0.5) is 0 Å². The maximum absolute atomic E-state index is 5.33. The molecule has 1 aliphatic carbocycles. The van der Waals surface area contributed by atoms with Crippen LogP contribution in [0.25, 0.3) is 89.2 Å². The Kier molecular flexibility index (Phi) is 7.44. The summed E-state index contributed by atoms with van der Waals surface area (Å²) in [4.78, 5) is 15.7. The molecule has 0 amide bonds. The second-order valence-corrected chi connectivity index (χ2v) is 14.7. The molecular formula is C50H37N5. The summed E-state index contributed by atoms with van der Waals surface area (Å²) in [5.41, 5.74) is 11.4. The second kappa shape index (κ2) is 12.9. The third kappa shape index (κ3) is 5.11. The van der Waals surface area contributed by atoms with Crippen LogP contribution in [-0.4, -0.2) is 24.1 Å². The van der Waals surface area contributed by atoms with Crippen LogP contribution in [0.3, 0.4) is 0 Å². The molecule has 10 aromatic rings. The summed E-state index contributed by atoms with van der Waals surface area (Å²) < 4.78 is 5.03. The van der Waals surface area contributed by atoms with E-state index in [4.69, 9.17) is 15.0 Å². The highest BCUT2D eigenvalue weighted by atomic mass is 15.1. The van der Waals surface area contributed by atoms with Gasteiger partial charge < -0.3 is 9.13 Å². The molecule has 0 saturated heterocycles. The van der Waals surface area contributed by atoms with Crippen molar-refractivity contribution in [1.82, 2.24) is 24.1 Å². The molecule has 0 radical (unpaired) electrons. The standard InChI is InChI=1S/C50H37N5/c1-3-19-34(20-4-1)48-51-49(35-21-5-2-6-22-35)53-50(52-48)40-31-32-45(54-41-27-13-9-23-36(41)37-24-10-14-28-42(37)54)47(46(40)33-17-7-8-18-33)55-43-29-15-11-25-38(43)39-26-12-16-30-44(39)55/h1-6,9-16,19-33H,7-8,17-18H2. The molecule has 0 atom stereocenters. The Morgan fingerprint density at radius 1 is 0.382 bits per heavy atom. The van der Waals surface area contributed by atoms with E-state index in [2.05, 4.69) is 143 Å². The molecular weight excluding hydrogens is 671 g/mol. The largest absolute Gasteiger partial charge is 0.307 e. The summed E-state index contributed by atoms with van der Waals surface area (Å²) in [5.74, 6) is 2.36. The van der Waals surface area contributed by atoms with Gasteiger partial charge in [-0.25, -0.2) is 15.0 Å². The van der Waals surface area contributed by atoms with Crippen molar-refractivity contribution in [3.63, 3.8) is 0 Å². The first-order valence-corrected chi connectivity index (χ1v) is 19.3. The fraction of sp³-hybridized carbons (Fsp3) is 0.100. The number of fused-ring (bicyclic) bond motifs is 6. The van der Waals surface area contributed by atoms with E-state index in [-0.39, 0.29) is 0 Å². The molecule has 11 rings (SSSR count). The van der Waals surface area contributed by atoms with Gasteiger partial charge in [-0.05, 0) is 60.7 Å². The molecule has 55 heavy (non-hydrogen) atoms. The smallest absolute Gasteiger partial charge is 0.164 e. The number of benzene rings is 7. The topological polar surface area (TPSA) is 48.5 Å². The Labute approximate surface area is 319 Å². The van der Waals surface area contributed by atoms with Crippen LogP contribution in [0, 0.1) is 0 Å². The molecule has 5 nitrogen and oxygen atoms in total. The first-order chi connectivity index (χ1) is 27.3. The van der Waals surface area contributed by atoms with Crippen molar-refractivity contribution in [3.05, 3.63) is 175 Å². The van der Waals surface area contributed by atoms with Gasteiger partial charge in [0.25, 0.3) is 0 Å². The van der Waals surface area contributed by atoms with Gasteiger partial charge in [0.1, 0.15) is 0 Å². The average molecular weight is 708 g/mol. The summed E-state index contributed by atoms with van der Waals surface area (Å²) in [5, 5.41) is 4.98. The van der Waals surface area contributed by atoms with Gasteiger partial charge in [0, 0.05) is 38.2 Å². The monoisotopic (exact) mass is 707 g/mol. The molecule has 0 bridgehead atoms. The van der Waals surface area contributed by atoms with Crippen molar-refractivity contribution in [2.75, 3.05) is 0 Å². The van der Waals surface area contributed by atoms with E-state index >= 15 is 0 Å².